The van der Waals surface area contributed by atoms with E-state index in [1.54, 1.807) is 12.4 Å². The molecule has 1 unspecified atom stereocenters. The van der Waals surface area contributed by atoms with Gasteiger partial charge in [-0.25, -0.2) is 4.98 Å². The molecule has 3 heterocycles. The van der Waals surface area contributed by atoms with E-state index in [0.29, 0.717) is 10.8 Å². The van der Waals surface area contributed by atoms with Crippen LogP contribution in [0, 0.1) is 5.92 Å². The predicted molar refractivity (Wildman–Crippen MR) is 83.3 cm³/mol. The van der Waals surface area contributed by atoms with Gasteiger partial charge >= 0.3 is 0 Å². The normalized spacial score (nSPS) is 18.4. The third kappa shape index (κ3) is 3.65. The topological polar surface area (TPSA) is 66.9 Å². The highest BCUT2D eigenvalue weighted by atomic mass is 32.1. The average molecular weight is 302 g/mol. The van der Waals surface area contributed by atoms with Crippen molar-refractivity contribution in [3.8, 4) is 10.7 Å². The maximum atomic E-state index is 12.2. The lowest BCUT2D eigenvalue weighted by Gasteiger charge is -2.22. The van der Waals surface area contributed by atoms with Crippen LogP contribution < -0.4 is 10.6 Å². The van der Waals surface area contributed by atoms with E-state index in [-0.39, 0.29) is 5.91 Å². The maximum absolute atomic E-state index is 12.2. The predicted octanol–water partition coefficient (Wildman–Crippen LogP) is 1.93. The van der Waals surface area contributed by atoms with E-state index < -0.39 is 0 Å². The Morgan fingerprint density at radius 3 is 3.14 bits per heavy atom. The van der Waals surface area contributed by atoms with E-state index in [0.717, 1.165) is 30.3 Å². The largest absolute Gasteiger partial charge is 0.351 e. The first-order valence-electron chi connectivity index (χ1n) is 7.19. The summed E-state index contributed by atoms with van der Waals surface area (Å²) in [6, 6.07) is 5.68. The molecular weight excluding hydrogens is 284 g/mol. The molecule has 1 fully saturated rings. The Labute approximate surface area is 127 Å². The molecule has 1 saturated heterocycles. The molecule has 0 spiro atoms. The zero-order chi connectivity index (χ0) is 14.5. The van der Waals surface area contributed by atoms with Crippen LogP contribution >= 0.6 is 11.3 Å². The maximum Gasteiger partial charge on any atom is 0.263 e. The summed E-state index contributed by atoms with van der Waals surface area (Å²) in [4.78, 5) is 21.3. The summed E-state index contributed by atoms with van der Waals surface area (Å²) in [5.74, 6) is 0.492. The van der Waals surface area contributed by atoms with Crippen molar-refractivity contribution in [2.24, 2.45) is 5.92 Å². The van der Waals surface area contributed by atoms with Crippen LogP contribution in [0.3, 0.4) is 0 Å². The number of hydrogen-bond acceptors (Lipinski definition) is 5. The van der Waals surface area contributed by atoms with Crippen LogP contribution in [0.1, 0.15) is 22.5 Å². The zero-order valence-electron chi connectivity index (χ0n) is 11.7. The van der Waals surface area contributed by atoms with E-state index in [1.807, 2.05) is 18.2 Å². The molecule has 5 nitrogen and oxygen atoms in total. The number of piperidine rings is 1. The van der Waals surface area contributed by atoms with Crippen molar-refractivity contribution in [3.05, 3.63) is 35.5 Å². The number of amides is 1. The van der Waals surface area contributed by atoms with Crippen LogP contribution in [0.2, 0.25) is 0 Å². The molecule has 6 heteroatoms. The fraction of sp³-hybridized carbons (Fsp3) is 0.400. The SMILES string of the molecule is O=C(NCC1CCCNC1)c1cnc(-c2ccccn2)s1. The van der Waals surface area contributed by atoms with Crippen LogP contribution in [0.5, 0.6) is 0 Å². The van der Waals surface area contributed by atoms with Gasteiger partial charge in [0.05, 0.1) is 11.9 Å². The highest BCUT2D eigenvalue weighted by molar-refractivity contribution is 7.16. The fourth-order valence-corrected chi connectivity index (χ4v) is 3.22. The van der Waals surface area contributed by atoms with E-state index >= 15 is 0 Å². The van der Waals surface area contributed by atoms with Gasteiger partial charge in [0.15, 0.2) is 0 Å². The molecule has 0 aromatic carbocycles. The number of rotatable bonds is 4. The molecular formula is C15H18N4OS. The lowest BCUT2D eigenvalue weighted by molar-refractivity contribution is 0.0948. The molecule has 2 aromatic rings. The van der Waals surface area contributed by atoms with Crippen molar-refractivity contribution >= 4 is 17.2 Å². The quantitative estimate of drug-likeness (QED) is 0.905. The van der Waals surface area contributed by atoms with Gasteiger partial charge in [-0.3, -0.25) is 9.78 Å². The van der Waals surface area contributed by atoms with Gasteiger partial charge in [-0.15, -0.1) is 11.3 Å². The summed E-state index contributed by atoms with van der Waals surface area (Å²) in [6.45, 7) is 2.80. The minimum absolute atomic E-state index is 0.0414. The average Bonchev–Trinajstić information content (AvgIpc) is 3.04. The zero-order valence-corrected chi connectivity index (χ0v) is 12.5. The van der Waals surface area contributed by atoms with Crippen molar-refractivity contribution in [1.29, 1.82) is 0 Å². The van der Waals surface area contributed by atoms with Crippen molar-refractivity contribution in [2.75, 3.05) is 19.6 Å². The van der Waals surface area contributed by atoms with Gasteiger partial charge in [-0.2, -0.15) is 0 Å². The van der Waals surface area contributed by atoms with Gasteiger partial charge in [0, 0.05) is 12.7 Å². The summed E-state index contributed by atoms with van der Waals surface area (Å²) in [5, 5.41) is 7.14. The second-order valence-electron chi connectivity index (χ2n) is 5.17. The number of carbonyl (C=O) groups is 1. The number of carbonyl (C=O) groups excluding carboxylic acids is 1. The summed E-state index contributed by atoms with van der Waals surface area (Å²) >= 11 is 1.38. The molecule has 2 N–H and O–H groups in total. The third-order valence-electron chi connectivity index (χ3n) is 3.56. The summed E-state index contributed by atoms with van der Waals surface area (Å²) in [6.07, 6.45) is 5.72. The Morgan fingerprint density at radius 2 is 2.38 bits per heavy atom. The number of pyridine rings is 1. The molecule has 110 valence electrons. The van der Waals surface area contributed by atoms with Gasteiger partial charge in [-0.05, 0) is 44.0 Å². The molecule has 0 aliphatic carbocycles. The number of hydrogen-bond donors (Lipinski definition) is 2. The van der Waals surface area contributed by atoms with Gasteiger partial charge in [0.1, 0.15) is 9.88 Å². The minimum Gasteiger partial charge on any atom is -0.351 e. The first-order valence-corrected chi connectivity index (χ1v) is 8.01. The van der Waals surface area contributed by atoms with E-state index in [1.165, 1.54) is 24.2 Å². The Bertz CT molecular complexity index is 593. The Balaban J connectivity index is 1.59. The first-order chi connectivity index (χ1) is 10.3. The summed E-state index contributed by atoms with van der Waals surface area (Å²) in [5.41, 5.74) is 0.804. The second-order valence-corrected chi connectivity index (χ2v) is 6.20. The molecule has 0 saturated carbocycles. The molecule has 1 aliphatic rings. The Hall–Kier alpha value is -1.79. The highest BCUT2D eigenvalue weighted by Gasteiger charge is 2.16. The standard InChI is InChI=1S/C15H18N4OS/c20-14(18-9-11-4-3-6-16-8-11)13-10-19-15(21-13)12-5-1-2-7-17-12/h1-2,5,7,10-11,16H,3-4,6,8-9H2,(H,18,20). The van der Waals surface area contributed by atoms with Gasteiger partial charge in [0.2, 0.25) is 0 Å². The Morgan fingerprint density at radius 1 is 1.43 bits per heavy atom. The molecule has 1 aliphatic heterocycles. The number of aromatic nitrogens is 2. The van der Waals surface area contributed by atoms with Gasteiger partial charge in [0.25, 0.3) is 5.91 Å². The van der Waals surface area contributed by atoms with E-state index in [9.17, 15) is 4.79 Å². The summed E-state index contributed by atoms with van der Waals surface area (Å²) < 4.78 is 0. The van der Waals surface area contributed by atoms with Crippen molar-refractivity contribution in [3.63, 3.8) is 0 Å². The van der Waals surface area contributed by atoms with E-state index in [2.05, 4.69) is 20.6 Å². The van der Waals surface area contributed by atoms with Crippen LogP contribution in [-0.2, 0) is 0 Å². The first kappa shape index (κ1) is 14.2. The van der Waals surface area contributed by atoms with Crippen LogP contribution in [0.15, 0.2) is 30.6 Å². The molecule has 3 rings (SSSR count). The molecule has 21 heavy (non-hydrogen) atoms. The van der Waals surface area contributed by atoms with E-state index in [4.69, 9.17) is 0 Å². The van der Waals surface area contributed by atoms with Crippen molar-refractivity contribution in [2.45, 2.75) is 12.8 Å². The lowest BCUT2D eigenvalue weighted by Crippen LogP contribution is -2.37. The Kier molecular flexibility index (Phi) is 4.57. The molecule has 0 bridgehead atoms. The van der Waals surface area contributed by atoms with Gasteiger partial charge < -0.3 is 10.6 Å². The number of nitrogens with zero attached hydrogens (tertiary/aromatic N) is 2. The summed E-state index contributed by atoms with van der Waals surface area (Å²) in [7, 11) is 0. The number of thiazole rings is 1. The molecule has 1 amide bonds. The number of nitrogens with one attached hydrogen (secondary N) is 2. The van der Waals surface area contributed by atoms with Crippen molar-refractivity contribution in [1.82, 2.24) is 20.6 Å². The van der Waals surface area contributed by atoms with Crippen LogP contribution in [0.4, 0.5) is 0 Å². The van der Waals surface area contributed by atoms with Crippen LogP contribution in [0.25, 0.3) is 10.7 Å². The lowest BCUT2D eigenvalue weighted by atomic mass is 10.00. The monoisotopic (exact) mass is 302 g/mol. The molecule has 2 aromatic heterocycles. The van der Waals surface area contributed by atoms with Crippen LogP contribution in [-0.4, -0.2) is 35.5 Å². The highest BCUT2D eigenvalue weighted by Crippen LogP contribution is 2.23. The smallest absolute Gasteiger partial charge is 0.263 e. The van der Waals surface area contributed by atoms with Crippen molar-refractivity contribution < 1.29 is 4.79 Å². The minimum atomic E-state index is -0.0414. The fourth-order valence-electron chi connectivity index (χ4n) is 2.41. The van der Waals surface area contributed by atoms with Gasteiger partial charge in [-0.1, -0.05) is 6.07 Å². The second kappa shape index (κ2) is 6.78. The molecule has 0 radical (unpaired) electrons. The molecule has 1 atom stereocenters. The third-order valence-corrected chi connectivity index (χ3v) is 4.58.